The van der Waals surface area contributed by atoms with E-state index in [4.69, 9.17) is 0 Å². The van der Waals surface area contributed by atoms with Gasteiger partial charge in [-0.1, -0.05) is 6.92 Å². The monoisotopic (exact) mass is 169 g/mol. The van der Waals surface area contributed by atoms with Crippen molar-refractivity contribution >= 4 is 0 Å². The average Bonchev–Trinajstić information content (AvgIpc) is 2.63. The van der Waals surface area contributed by atoms with Crippen molar-refractivity contribution in [2.24, 2.45) is 0 Å². The number of quaternary nitrogens is 1. The standard InChI is InChI=1S/C10H21N2/c1-3-11-8-10(2)12(9-11)6-4-5-7-12/h10H,3-9H2,1-2H3/q+1. The predicted octanol–water partition coefficient (Wildman–Crippen LogP) is 1.28. The fourth-order valence-corrected chi connectivity index (χ4v) is 2.92. The number of hydrogen-bond acceptors (Lipinski definition) is 1. The predicted molar refractivity (Wildman–Crippen MR) is 50.8 cm³/mol. The van der Waals surface area contributed by atoms with Crippen molar-refractivity contribution in [2.45, 2.75) is 32.7 Å². The summed E-state index contributed by atoms with van der Waals surface area (Å²) in [7, 11) is 0. The maximum atomic E-state index is 2.61. The Bertz CT molecular complexity index is 161. The number of rotatable bonds is 1. The second-order valence-corrected chi connectivity index (χ2v) is 4.53. The summed E-state index contributed by atoms with van der Waals surface area (Å²) in [6.45, 7) is 11.5. The molecule has 1 spiro atoms. The van der Waals surface area contributed by atoms with Crippen LogP contribution >= 0.6 is 0 Å². The van der Waals surface area contributed by atoms with E-state index in [-0.39, 0.29) is 0 Å². The summed E-state index contributed by atoms with van der Waals surface area (Å²) in [5, 5.41) is 0. The number of nitrogens with zero attached hydrogens (tertiary/aromatic N) is 2. The van der Waals surface area contributed by atoms with E-state index in [9.17, 15) is 0 Å². The van der Waals surface area contributed by atoms with Crippen molar-refractivity contribution in [1.82, 2.24) is 4.90 Å². The highest BCUT2D eigenvalue weighted by molar-refractivity contribution is 4.71. The SMILES string of the molecule is CCN1CC(C)[N+]2(CCCC2)C1. The Morgan fingerprint density at radius 3 is 2.50 bits per heavy atom. The van der Waals surface area contributed by atoms with Gasteiger partial charge in [0, 0.05) is 19.4 Å². The summed E-state index contributed by atoms with van der Waals surface area (Å²) < 4.78 is 1.41. The highest BCUT2D eigenvalue weighted by Gasteiger charge is 2.44. The summed E-state index contributed by atoms with van der Waals surface area (Å²) in [6.07, 6.45) is 2.92. The lowest BCUT2D eigenvalue weighted by Gasteiger charge is -2.33. The van der Waals surface area contributed by atoms with E-state index in [0.29, 0.717) is 0 Å². The molecular weight excluding hydrogens is 148 g/mol. The van der Waals surface area contributed by atoms with Crippen LogP contribution in [0.1, 0.15) is 26.7 Å². The maximum absolute atomic E-state index is 2.61. The van der Waals surface area contributed by atoms with Crippen LogP contribution in [-0.4, -0.2) is 48.3 Å². The normalized spacial score (nSPS) is 35.0. The van der Waals surface area contributed by atoms with Gasteiger partial charge in [-0.25, -0.2) is 0 Å². The van der Waals surface area contributed by atoms with Crippen LogP contribution < -0.4 is 0 Å². The van der Waals surface area contributed by atoms with Gasteiger partial charge in [-0.05, 0) is 6.92 Å². The number of hydrogen-bond donors (Lipinski definition) is 0. The third kappa shape index (κ3) is 1.17. The first-order chi connectivity index (χ1) is 5.77. The Hall–Kier alpha value is -0.0800. The minimum absolute atomic E-state index is 0.896. The van der Waals surface area contributed by atoms with Crippen molar-refractivity contribution in [2.75, 3.05) is 32.8 Å². The van der Waals surface area contributed by atoms with Gasteiger partial charge in [0.25, 0.3) is 0 Å². The minimum atomic E-state index is 0.896. The zero-order chi connectivity index (χ0) is 8.60. The third-order valence-corrected chi connectivity index (χ3v) is 3.84. The molecule has 2 fully saturated rings. The van der Waals surface area contributed by atoms with Crippen molar-refractivity contribution < 1.29 is 4.48 Å². The quantitative estimate of drug-likeness (QED) is 0.534. The van der Waals surface area contributed by atoms with Gasteiger partial charge in [0.1, 0.15) is 12.7 Å². The van der Waals surface area contributed by atoms with Crippen LogP contribution in [0.15, 0.2) is 0 Å². The zero-order valence-corrected chi connectivity index (χ0v) is 8.42. The molecule has 0 aliphatic carbocycles. The molecule has 2 nitrogen and oxygen atoms in total. The molecule has 0 aromatic heterocycles. The van der Waals surface area contributed by atoms with Crippen molar-refractivity contribution in [3.05, 3.63) is 0 Å². The zero-order valence-electron chi connectivity index (χ0n) is 8.42. The Labute approximate surface area is 75.7 Å². The van der Waals surface area contributed by atoms with Crippen molar-refractivity contribution in [3.63, 3.8) is 0 Å². The Kier molecular flexibility index (Phi) is 2.13. The van der Waals surface area contributed by atoms with E-state index in [0.717, 1.165) is 6.04 Å². The lowest BCUT2D eigenvalue weighted by molar-refractivity contribution is -0.929. The molecule has 70 valence electrons. The molecule has 0 N–H and O–H groups in total. The molecule has 0 bridgehead atoms. The molecule has 0 aromatic carbocycles. The summed E-state index contributed by atoms with van der Waals surface area (Å²) >= 11 is 0. The van der Waals surface area contributed by atoms with Crippen LogP contribution in [0.3, 0.4) is 0 Å². The van der Waals surface area contributed by atoms with Gasteiger partial charge < -0.3 is 4.48 Å². The fourth-order valence-electron chi connectivity index (χ4n) is 2.92. The molecule has 2 saturated heterocycles. The molecular formula is C10H21N2+. The third-order valence-electron chi connectivity index (χ3n) is 3.84. The molecule has 1 atom stereocenters. The first-order valence-corrected chi connectivity index (χ1v) is 5.35. The molecule has 0 saturated carbocycles. The van der Waals surface area contributed by atoms with Crippen LogP contribution in [0, 0.1) is 0 Å². The molecule has 2 rings (SSSR count). The molecule has 0 aromatic rings. The largest absolute Gasteiger partial charge is 0.308 e. The highest BCUT2D eigenvalue weighted by atomic mass is 15.5. The molecule has 0 amide bonds. The smallest absolute Gasteiger partial charge is 0.135 e. The van der Waals surface area contributed by atoms with E-state index in [1.807, 2.05) is 0 Å². The van der Waals surface area contributed by atoms with Crippen LogP contribution in [-0.2, 0) is 0 Å². The molecule has 2 aliphatic rings. The maximum Gasteiger partial charge on any atom is 0.135 e. The van der Waals surface area contributed by atoms with E-state index >= 15 is 0 Å². The van der Waals surface area contributed by atoms with Gasteiger partial charge in [0.2, 0.25) is 0 Å². The second kappa shape index (κ2) is 3.00. The minimum Gasteiger partial charge on any atom is -0.308 e. The topological polar surface area (TPSA) is 3.24 Å². The van der Waals surface area contributed by atoms with E-state index in [1.165, 1.54) is 50.2 Å². The summed E-state index contributed by atoms with van der Waals surface area (Å²) in [5.41, 5.74) is 0. The highest BCUT2D eigenvalue weighted by Crippen LogP contribution is 2.29. The van der Waals surface area contributed by atoms with E-state index in [2.05, 4.69) is 18.7 Å². The lowest BCUT2D eigenvalue weighted by Crippen LogP contribution is -2.49. The Morgan fingerprint density at radius 1 is 1.33 bits per heavy atom. The van der Waals surface area contributed by atoms with Crippen LogP contribution in [0.5, 0.6) is 0 Å². The first-order valence-electron chi connectivity index (χ1n) is 5.35. The second-order valence-electron chi connectivity index (χ2n) is 4.53. The van der Waals surface area contributed by atoms with Gasteiger partial charge in [0.05, 0.1) is 19.6 Å². The summed E-state index contributed by atoms with van der Waals surface area (Å²) in [5.74, 6) is 0. The molecule has 2 heteroatoms. The number of likely N-dealkylation sites (N-methyl/N-ethyl adjacent to an activating group) is 1. The van der Waals surface area contributed by atoms with Gasteiger partial charge in [-0.2, -0.15) is 0 Å². The molecule has 2 heterocycles. The summed E-state index contributed by atoms with van der Waals surface area (Å²) in [4.78, 5) is 2.61. The van der Waals surface area contributed by atoms with E-state index in [1.54, 1.807) is 0 Å². The Balaban J connectivity index is 2.06. The van der Waals surface area contributed by atoms with Gasteiger partial charge in [0.15, 0.2) is 0 Å². The first kappa shape index (κ1) is 8.52. The van der Waals surface area contributed by atoms with Crippen LogP contribution in [0.25, 0.3) is 0 Å². The van der Waals surface area contributed by atoms with Crippen molar-refractivity contribution in [3.8, 4) is 0 Å². The van der Waals surface area contributed by atoms with Gasteiger partial charge >= 0.3 is 0 Å². The molecule has 2 aliphatic heterocycles. The van der Waals surface area contributed by atoms with Crippen molar-refractivity contribution in [1.29, 1.82) is 0 Å². The Morgan fingerprint density at radius 2 is 2.00 bits per heavy atom. The van der Waals surface area contributed by atoms with Gasteiger partial charge in [-0.15, -0.1) is 0 Å². The summed E-state index contributed by atoms with van der Waals surface area (Å²) in [6, 6.07) is 0.896. The van der Waals surface area contributed by atoms with E-state index < -0.39 is 0 Å². The lowest BCUT2D eigenvalue weighted by atomic mass is 10.3. The molecule has 1 unspecified atom stereocenters. The van der Waals surface area contributed by atoms with Crippen LogP contribution in [0.2, 0.25) is 0 Å². The average molecular weight is 169 g/mol. The fraction of sp³-hybridized carbons (Fsp3) is 1.00. The van der Waals surface area contributed by atoms with Gasteiger partial charge in [-0.3, -0.25) is 4.90 Å². The van der Waals surface area contributed by atoms with Crippen LogP contribution in [0.4, 0.5) is 0 Å². The molecule has 0 radical (unpaired) electrons. The molecule has 12 heavy (non-hydrogen) atoms.